The minimum Gasteiger partial charge on any atom is -0.756 e. The lowest BCUT2D eigenvalue weighted by Gasteiger charge is -2.29. The van der Waals surface area contributed by atoms with Crippen LogP contribution < -0.4 is 10.2 Å². The van der Waals surface area contributed by atoms with Crippen LogP contribution in [0.4, 0.5) is 0 Å². The molecule has 9 heteroatoms. The molecule has 0 bridgehead atoms. The highest BCUT2D eigenvalue weighted by Gasteiger charge is 2.23. The van der Waals surface area contributed by atoms with E-state index < -0.39 is 26.6 Å². The average molecular weight is 1070 g/mol. The Kier molecular flexibility index (Phi) is 54.2. The van der Waals surface area contributed by atoms with E-state index in [1.165, 1.54) is 167 Å². The van der Waals surface area contributed by atoms with Crippen LogP contribution >= 0.6 is 7.82 Å². The van der Waals surface area contributed by atoms with Gasteiger partial charge in [0.15, 0.2) is 0 Å². The van der Waals surface area contributed by atoms with Crippen molar-refractivity contribution < 1.29 is 32.9 Å². The third-order valence-electron chi connectivity index (χ3n) is 13.5. The van der Waals surface area contributed by atoms with E-state index in [9.17, 15) is 19.4 Å². The maximum atomic E-state index is 13.0. The van der Waals surface area contributed by atoms with Crippen molar-refractivity contribution in [1.29, 1.82) is 0 Å². The zero-order valence-corrected chi connectivity index (χ0v) is 50.4. The highest BCUT2D eigenvalue weighted by Crippen LogP contribution is 2.38. The predicted octanol–water partition coefficient (Wildman–Crippen LogP) is 18.7. The van der Waals surface area contributed by atoms with Crippen molar-refractivity contribution in [2.75, 3.05) is 40.9 Å². The first-order chi connectivity index (χ1) is 36.5. The minimum absolute atomic E-state index is 0.0122. The molecule has 0 aromatic rings. The smallest absolute Gasteiger partial charge is 0.268 e. The molecule has 0 saturated heterocycles. The van der Waals surface area contributed by atoms with Crippen molar-refractivity contribution in [1.82, 2.24) is 5.32 Å². The number of allylic oxidation sites excluding steroid dienone is 15. The molecule has 0 aliphatic carbocycles. The summed E-state index contributed by atoms with van der Waals surface area (Å²) in [6, 6.07) is -0.916. The zero-order valence-electron chi connectivity index (χ0n) is 49.5. The van der Waals surface area contributed by atoms with Crippen molar-refractivity contribution in [3.8, 4) is 0 Å². The molecule has 0 aliphatic rings. The molecule has 3 atom stereocenters. The predicted molar refractivity (Wildman–Crippen MR) is 325 cm³/mol. The number of carbonyl (C=O) groups excluding carboxylic acids is 1. The van der Waals surface area contributed by atoms with E-state index in [0.717, 1.165) is 77.0 Å². The molecule has 434 valence electrons. The summed E-state index contributed by atoms with van der Waals surface area (Å²) < 4.78 is 23.4. The summed E-state index contributed by atoms with van der Waals surface area (Å²) in [5, 5.41) is 13.9. The van der Waals surface area contributed by atoms with E-state index in [0.29, 0.717) is 17.4 Å². The number of amides is 1. The van der Waals surface area contributed by atoms with E-state index in [4.69, 9.17) is 9.05 Å². The Balaban J connectivity index is 4.20. The van der Waals surface area contributed by atoms with Crippen LogP contribution in [0.15, 0.2) is 97.2 Å². The van der Waals surface area contributed by atoms with Crippen LogP contribution in [0.1, 0.15) is 264 Å². The lowest BCUT2D eigenvalue weighted by Crippen LogP contribution is -2.45. The Morgan fingerprint density at radius 3 is 1.24 bits per heavy atom. The molecule has 3 unspecified atom stereocenters. The standard InChI is InChI=1S/C66H119N2O6P/c1-6-8-10-12-14-16-18-20-22-24-26-28-30-31-32-33-34-35-36-37-38-40-42-44-46-48-50-52-54-56-58-60-66(70)67-64(63-74-75(71,72)73-62-61-68(3,4)5)65(69)59-57-55-53-51-49-47-45-43-41-39-29-27-25-23-21-19-17-15-13-11-9-7-2/h8,10,14,16,20,22,26,28,31-32,41,43,49,51,57,59,64-65,69H,6-7,9,11-13,15,17-19,21,23-25,27,29-30,33-40,42,44-48,50,52-56,58,60-63H2,1-5H3,(H-,67,70,71,72)/b10-8-,16-14-,22-20-,28-26-,32-31-,43-41+,51-49+,59-57+. The molecule has 8 nitrogen and oxygen atoms in total. The Hall–Kier alpha value is -2.58. The molecule has 0 aliphatic heterocycles. The van der Waals surface area contributed by atoms with E-state index in [1.54, 1.807) is 6.08 Å². The van der Waals surface area contributed by atoms with Crippen molar-refractivity contribution in [3.05, 3.63) is 97.2 Å². The number of carbonyl (C=O) groups is 1. The molecule has 0 heterocycles. The quantitative estimate of drug-likeness (QED) is 0.0272. The van der Waals surface area contributed by atoms with Crippen molar-refractivity contribution in [2.45, 2.75) is 276 Å². The number of phosphoric acid groups is 1. The van der Waals surface area contributed by atoms with Gasteiger partial charge >= 0.3 is 0 Å². The topological polar surface area (TPSA) is 108 Å². The molecule has 0 radical (unpaired) electrons. The molecule has 0 spiro atoms. The van der Waals surface area contributed by atoms with E-state index in [2.05, 4.69) is 104 Å². The summed E-state index contributed by atoms with van der Waals surface area (Å²) in [5.74, 6) is -0.213. The van der Waals surface area contributed by atoms with Gasteiger partial charge in [-0.1, -0.05) is 265 Å². The lowest BCUT2D eigenvalue weighted by atomic mass is 10.0. The summed E-state index contributed by atoms with van der Waals surface area (Å²) >= 11 is 0. The van der Waals surface area contributed by atoms with Crippen LogP contribution in [0.25, 0.3) is 0 Å². The number of aliphatic hydroxyl groups is 1. The number of likely N-dealkylation sites (N-methyl/N-ethyl adjacent to an activating group) is 1. The Morgan fingerprint density at radius 1 is 0.480 bits per heavy atom. The Labute approximate surface area is 464 Å². The molecule has 0 aromatic carbocycles. The molecule has 1 amide bonds. The number of hydrogen-bond donors (Lipinski definition) is 2. The third-order valence-corrected chi connectivity index (χ3v) is 14.5. The van der Waals surface area contributed by atoms with Gasteiger partial charge < -0.3 is 28.8 Å². The summed E-state index contributed by atoms with van der Waals surface area (Å²) in [5.41, 5.74) is 0. The van der Waals surface area contributed by atoms with Gasteiger partial charge in [-0.15, -0.1) is 0 Å². The van der Waals surface area contributed by atoms with Gasteiger partial charge in [-0.05, 0) is 89.9 Å². The lowest BCUT2D eigenvalue weighted by molar-refractivity contribution is -0.870. The fourth-order valence-corrected chi connectivity index (χ4v) is 9.41. The second kappa shape index (κ2) is 56.2. The van der Waals surface area contributed by atoms with Crippen LogP contribution in [0.5, 0.6) is 0 Å². The van der Waals surface area contributed by atoms with Crippen LogP contribution in [0, 0.1) is 0 Å². The van der Waals surface area contributed by atoms with Crippen LogP contribution in [-0.4, -0.2) is 68.5 Å². The molecular weight excluding hydrogens is 948 g/mol. The highest BCUT2D eigenvalue weighted by molar-refractivity contribution is 7.45. The number of rotatable bonds is 56. The molecule has 0 rings (SSSR count). The Bertz CT molecular complexity index is 1540. The van der Waals surface area contributed by atoms with Crippen LogP contribution in [-0.2, 0) is 18.4 Å². The first kappa shape index (κ1) is 72.4. The molecule has 0 fully saturated rings. The van der Waals surface area contributed by atoms with Crippen molar-refractivity contribution in [2.24, 2.45) is 0 Å². The number of hydrogen-bond acceptors (Lipinski definition) is 6. The normalized spacial score (nSPS) is 14.5. The Morgan fingerprint density at radius 2 is 0.827 bits per heavy atom. The second-order valence-corrected chi connectivity index (χ2v) is 23.4. The summed E-state index contributed by atoms with van der Waals surface area (Å²) in [7, 11) is 1.23. The summed E-state index contributed by atoms with van der Waals surface area (Å²) in [6.07, 6.45) is 80.7. The van der Waals surface area contributed by atoms with Gasteiger partial charge in [-0.2, -0.15) is 0 Å². The maximum absolute atomic E-state index is 13.0. The fraction of sp³-hybridized carbons (Fsp3) is 0.742. The number of phosphoric ester groups is 1. The molecular formula is C66H119N2O6P. The SMILES string of the molecule is CC/C=C\C/C=C\C/C=C\C/C=C\C/C=C\CCCCCCCCCCCCCCCCCC(=O)NC(COP(=O)([O-])OCC[N+](C)(C)C)C(O)/C=C/CC/C=C/CC/C=C/CCCCCCCCCCCCCC. The first-order valence-electron chi connectivity index (χ1n) is 31.1. The van der Waals surface area contributed by atoms with Gasteiger partial charge in [0.2, 0.25) is 5.91 Å². The van der Waals surface area contributed by atoms with E-state index in [1.807, 2.05) is 27.2 Å². The second-order valence-electron chi connectivity index (χ2n) is 22.0. The van der Waals surface area contributed by atoms with Gasteiger partial charge in [0.25, 0.3) is 7.82 Å². The number of aliphatic hydroxyl groups excluding tert-OH is 1. The molecule has 0 saturated carbocycles. The third kappa shape index (κ3) is 58.9. The number of nitrogens with one attached hydrogen (secondary N) is 1. The number of quaternary nitrogens is 1. The van der Waals surface area contributed by atoms with E-state index in [-0.39, 0.29) is 12.5 Å². The van der Waals surface area contributed by atoms with Crippen molar-refractivity contribution >= 4 is 13.7 Å². The van der Waals surface area contributed by atoms with Gasteiger partial charge in [0, 0.05) is 6.42 Å². The van der Waals surface area contributed by atoms with Gasteiger partial charge in [0.1, 0.15) is 13.2 Å². The van der Waals surface area contributed by atoms with Crippen LogP contribution in [0.2, 0.25) is 0 Å². The largest absolute Gasteiger partial charge is 0.756 e. The average Bonchev–Trinajstić information content (AvgIpc) is 3.37. The zero-order chi connectivity index (χ0) is 54.9. The van der Waals surface area contributed by atoms with Crippen LogP contribution in [0.3, 0.4) is 0 Å². The van der Waals surface area contributed by atoms with Gasteiger partial charge in [-0.25, -0.2) is 0 Å². The van der Waals surface area contributed by atoms with E-state index >= 15 is 0 Å². The number of nitrogens with zero attached hydrogens (tertiary/aromatic N) is 1. The highest BCUT2D eigenvalue weighted by atomic mass is 31.2. The minimum atomic E-state index is -4.62. The van der Waals surface area contributed by atoms with Gasteiger partial charge in [0.05, 0.1) is 39.9 Å². The summed E-state index contributed by atoms with van der Waals surface area (Å²) in [4.78, 5) is 25.5. The monoisotopic (exact) mass is 1070 g/mol. The molecule has 2 N–H and O–H groups in total. The fourth-order valence-electron chi connectivity index (χ4n) is 8.68. The molecule has 75 heavy (non-hydrogen) atoms. The number of unbranched alkanes of at least 4 members (excludes halogenated alkanes) is 29. The maximum Gasteiger partial charge on any atom is 0.268 e. The molecule has 0 aromatic heterocycles. The van der Waals surface area contributed by atoms with Gasteiger partial charge in [-0.3, -0.25) is 9.36 Å². The summed E-state index contributed by atoms with van der Waals surface area (Å²) in [6.45, 7) is 4.52. The van der Waals surface area contributed by atoms with Crippen molar-refractivity contribution in [3.63, 3.8) is 0 Å². The first-order valence-corrected chi connectivity index (χ1v) is 32.6.